The van der Waals surface area contributed by atoms with Gasteiger partial charge >= 0.3 is 5.97 Å². The van der Waals surface area contributed by atoms with Crippen molar-refractivity contribution in [1.29, 1.82) is 0 Å². The van der Waals surface area contributed by atoms with Crippen molar-refractivity contribution < 1.29 is 14.7 Å². The van der Waals surface area contributed by atoms with E-state index in [4.69, 9.17) is 5.11 Å². The molecule has 1 rings (SSSR count). The number of hydrogen-bond donors (Lipinski definition) is 1. The van der Waals surface area contributed by atoms with Crippen molar-refractivity contribution in [1.82, 2.24) is 4.98 Å². The van der Waals surface area contributed by atoms with Gasteiger partial charge in [-0.15, -0.1) is 0 Å². The Kier molecular flexibility index (Phi) is 2.92. The summed E-state index contributed by atoms with van der Waals surface area (Å²) in [6.45, 7) is 0. The van der Waals surface area contributed by atoms with E-state index in [1.807, 2.05) is 0 Å². The Balaban J connectivity index is 2.80. The van der Waals surface area contributed by atoms with Crippen LogP contribution in [0.5, 0.6) is 0 Å². The molecular weight excluding hydrogens is 170 g/mol. The second-order valence-corrected chi connectivity index (χ2v) is 2.31. The minimum Gasteiger partial charge on any atom is -0.478 e. The maximum atomic E-state index is 10.2. The zero-order chi connectivity index (χ0) is 9.68. The molecule has 1 aromatic rings. The highest BCUT2D eigenvalue weighted by Gasteiger charge is 1.91. The summed E-state index contributed by atoms with van der Waals surface area (Å²) in [7, 11) is 0. The molecule has 66 valence electrons. The number of aliphatic carboxylic acids is 1. The first-order valence-corrected chi connectivity index (χ1v) is 3.54. The van der Waals surface area contributed by atoms with Gasteiger partial charge in [0, 0.05) is 12.3 Å². The number of rotatable bonds is 3. The topological polar surface area (TPSA) is 67.3 Å². The maximum absolute atomic E-state index is 10.2. The van der Waals surface area contributed by atoms with Gasteiger partial charge in [0.1, 0.15) is 5.69 Å². The molecule has 0 saturated carbocycles. The Bertz CT molecular complexity index is 340. The quantitative estimate of drug-likeness (QED) is 0.552. The van der Waals surface area contributed by atoms with Gasteiger partial charge < -0.3 is 5.11 Å². The van der Waals surface area contributed by atoms with Crippen LogP contribution in [0.1, 0.15) is 16.1 Å². The van der Waals surface area contributed by atoms with E-state index in [0.717, 1.165) is 6.08 Å². The summed E-state index contributed by atoms with van der Waals surface area (Å²) in [5, 5.41) is 8.31. The van der Waals surface area contributed by atoms with E-state index in [-0.39, 0.29) is 0 Å². The SMILES string of the molecule is O=Cc1ccc(/C=C/C(=O)O)cn1. The largest absolute Gasteiger partial charge is 0.478 e. The zero-order valence-electron chi connectivity index (χ0n) is 6.68. The van der Waals surface area contributed by atoms with Gasteiger partial charge in [-0.25, -0.2) is 4.79 Å². The minimum absolute atomic E-state index is 0.326. The van der Waals surface area contributed by atoms with Crippen LogP contribution in [-0.2, 0) is 4.79 Å². The number of aldehydes is 1. The Morgan fingerprint density at radius 1 is 1.46 bits per heavy atom. The van der Waals surface area contributed by atoms with Crippen molar-refractivity contribution in [3.8, 4) is 0 Å². The molecule has 13 heavy (non-hydrogen) atoms. The third kappa shape index (κ3) is 2.86. The molecular formula is C9H7NO3. The van der Waals surface area contributed by atoms with Gasteiger partial charge in [-0.2, -0.15) is 0 Å². The number of nitrogens with zero attached hydrogens (tertiary/aromatic N) is 1. The Morgan fingerprint density at radius 2 is 2.23 bits per heavy atom. The highest BCUT2D eigenvalue weighted by Crippen LogP contribution is 2.00. The van der Waals surface area contributed by atoms with Gasteiger partial charge in [0.15, 0.2) is 6.29 Å². The van der Waals surface area contributed by atoms with Crippen molar-refractivity contribution in [2.24, 2.45) is 0 Å². The Hall–Kier alpha value is -1.97. The van der Waals surface area contributed by atoms with Crippen molar-refractivity contribution in [2.45, 2.75) is 0 Å². The molecule has 4 nitrogen and oxygen atoms in total. The summed E-state index contributed by atoms with van der Waals surface area (Å²) in [4.78, 5) is 24.1. The lowest BCUT2D eigenvalue weighted by Crippen LogP contribution is -1.88. The molecule has 1 heterocycles. The van der Waals surface area contributed by atoms with Crippen LogP contribution in [0, 0.1) is 0 Å². The molecule has 1 N–H and O–H groups in total. The van der Waals surface area contributed by atoms with Crippen molar-refractivity contribution >= 4 is 18.3 Å². The van der Waals surface area contributed by atoms with Gasteiger partial charge in [-0.3, -0.25) is 9.78 Å². The molecule has 0 saturated heterocycles. The van der Waals surface area contributed by atoms with Gasteiger partial charge in [-0.05, 0) is 17.7 Å². The summed E-state index contributed by atoms with van der Waals surface area (Å²) < 4.78 is 0. The highest BCUT2D eigenvalue weighted by atomic mass is 16.4. The number of carbonyl (C=O) groups excluding carboxylic acids is 1. The number of carboxylic acid groups (broad SMARTS) is 1. The maximum Gasteiger partial charge on any atom is 0.328 e. The normalized spacial score (nSPS) is 10.2. The molecule has 0 fully saturated rings. The number of carboxylic acids is 1. The average Bonchev–Trinajstić information content (AvgIpc) is 2.15. The van der Waals surface area contributed by atoms with Crippen LogP contribution in [0.3, 0.4) is 0 Å². The van der Waals surface area contributed by atoms with Crippen molar-refractivity contribution in [3.05, 3.63) is 35.7 Å². The third-order valence-electron chi connectivity index (χ3n) is 1.35. The van der Waals surface area contributed by atoms with Crippen LogP contribution in [0.15, 0.2) is 24.4 Å². The molecule has 0 spiro atoms. The lowest BCUT2D eigenvalue weighted by atomic mass is 10.2. The van der Waals surface area contributed by atoms with Gasteiger partial charge in [0.05, 0.1) is 0 Å². The van der Waals surface area contributed by atoms with E-state index < -0.39 is 5.97 Å². The molecule has 0 aliphatic rings. The molecule has 1 aromatic heterocycles. The van der Waals surface area contributed by atoms with Crippen LogP contribution in [0.2, 0.25) is 0 Å². The van der Waals surface area contributed by atoms with Crippen molar-refractivity contribution in [2.75, 3.05) is 0 Å². The molecule has 0 bridgehead atoms. The van der Waals surface area contributed by atoms with E-state index >= 15 is 0 Å². The van der Waals surface area contributed by atoms with Crippen LogP contribution in [-0.4, -0.2) is 22.3 Å². The lowest BCUT2D eigenvalue weighted by Gasteiger charge is -1.91. The lowest BCUT2D eigenvalue weighted by molar-refractivity contribution is -0.131. The summed E-state index contributed by atoms with van der Waals surface area (Å²) in [5.74, 6) is -1.01. The monoisotopic (exact) mass is 177 g/mol. The average molecular weight is 177 g/mol. The molecule has 0 amide bonds. The predicted octanol–water partition coefficient (Wildman–Crippen LogP) is 0.992. The summed E-state index contributed by atoms with van der Waals surface area (Å²) in [5.41, 5.74) is 0.973. The Labute approximate surface area is 74.5 Å². The van der Waals surface area contributed by atoms with Crippen molar-refractivity contribution in [3.63, 3.8) is 0 Å². The number of aromatic nitrogens is 1. The summed E-state index contributed by atoms with van der Waals surface area (Å²) in [6.07, 6.45) is 4.48. The van der Waals surface area contributed by atoms with Crippen LogP contribution < -0.4 is 0 Å². The fourth-order valence-electron chi connectivity index (χ4n) is 0.753. The molecule has 0 aromatic carbocycles. The van der Waals surface area contributed by atoms with E-state index in [1.54, 1.807) is 6.07 Å². The summed E-state index contributed by atoms with van der Waals surface area (Å²) >= 11 is 0. The third-order valence-corrected chi connectivity index (χ3v) is 1.35. The summed E-state index contributed by atoms with van der Waals surface area (Å²) in [6, 6.07) is 3.14. The molecule has 0 atom stereocenters. The smallest absolute Gasteiger partial charge is 0.328 e. The Morgan fingerprint density at radius 3 is 2.69 bits per heavy atom. The first-order chi connectivity index (χ1) is 6.22. The van der Waals surface area contributed by atoms with Gasteiger partial charge in [0.25, 0.3) is 0 Å². The molecule has 0 radical (unpaired) electrons. The predicted molar refractivity (Wildman–Crippen MR) is 46.3 cm³/mol. The number of pyridine rings is 1. The fourth-order valence-corrected chi connectivity index (χ4v) is 0.753. The van der Waals surface area contributed by atoms with E-state index in [9.17, 15) is 9.59 Å². The molecule has 0 aliphatic heterocycles. The highest BCUT2D eigenvalue weighted by molar-refractivity contribution is 5.85. The van der Waals surface area contributed by atoms with Crippen LogP contribution in [0.4, 0.5) is 0 Å². The van der Waals surface area contributed by atoms with Gasteiger partial charge in [0.2, 0.25) is 0 Å². The first kappa shape index (κ1) is 9.12. The van der Waals surface area contributed by atoms with Crippen LogP contribution >= 0.6 is 0 Å². The standard InChI is InChI=1S/C9H7NO3/c11-6-8-3-1-7(5-10-8)2-4-9(12)13/h1-6H,(H,12,13)/b4-2+. The second-order valence-electron chi connectivity index (χ2n) is 2.31. The van der Waals surface area contributed by atoms with E-state index in [1.165, 1.54) is 18.3 Å². The molecule has 4 heteroatoms. The second kappa shape index (κ2) is 4.15. The van der Waals surface area contributed by atoms with Crippen LogP contribution in [0.25, 0.3) is 6.08 Å². The number of carbonyl (C=O) groups is 2. The fraction of sp³-hybridized carbons (Fsp3) is 0. The minimum atomic E-state index is -1.01. The molecule has 0 aliphatic carbocycles. The number of hydrogen-bond acceptors (Lipinski definition) is 3. The zero-order valence-corrected chi connectivity index (χ0v) is 6.68. The van der Waals surface area contributed by atoms with E-state index in [0.29, 0.717) is 17.5 Å². The van der Waals surface area contributed by atoms with Gasteiger partial charge in [-0.1, -0.05) is 6.07 Å². The van der Waals surface area contributed by atoms with E-state index in [2.05, 4.69) is 4.98 Å². The molecule has 0 unspecified atom stereocenters. The first-order valence-electron chi connectivity index (χ1n) is 3.54.